The highest BCUT2D eigenvalue weighted by atomic mass is 35.5. The molecule has 0 radical (unpaired) electrons. The van der Waals surface area contributed by atoms with Crippen molar-refractivity contribution in [2.75, 3.05) is 39.8 Å². The summed E-state index contributed by atoms with van der Waals surface area (Å²) in [5.41, 5.74) is 0.935. The van der Waals surface area contributed by atoms with Gasteiger partial charge in [0, 0.05) is 62.0 Å². The average Bonchev–Trinajstić information content (AvgIpc) is 3.81. The molecule has 2 saturated heterocycles. The zero-order valence-corrected chi connectivity index (χ0v) is 22.3. The van der Waals surface area contributed by atoms with E-state index in [1.54, 1.807) is 4.90 Å². The molecule has 1 N–H and O–H groups in total. The summed E-state index contributed by atoms with van der Waals surface area (Å²) in [5, 5.41) is 3.75. The topological polar surface area (TPSA) is 73.0 Å². The average molecular weight is 515 g/mol. The Hall–Kier alpha value is -2.28. The fourth-order valence-corrected chi connectivity index (χ4v) is 5.96. The third-order valence-corrected chi connectivity index (χ3v) is 9.14. The number of benzene rings is 1. The van der Waals surface area contributed by atoms with Crippen molar-refractivity contribution < 1.29 is 14.4 Å². The number of hydrogen-bond donors (Lipinski definition) is 1. The highest BCUT2D eigenvalue weighted by Crippen LogP contribution is 2.47. The second-order valence-corrected chi connectivity index (χ2v) is 12.1. The summed E-state index contributed by atoms with van der Waals surface area (Å²) < 4.78 is 0. The third kappa shape index (κ3) is 5.51. The molecule has 2 aliphatic carbocycles. The zero-order chi connectivity index (χ0) is 25.4. The number of rotatable bonds is 7. The smallest absolute Gasteiger partial charge is 0.317 e. The van der Waals surface area contributed by atoms with Gasteiger partial charge in [-0.1, -0.05) is 43.5 Å². The second kappa shape index (κ2) is 10.2. The normalized spacial score (nSPS) is 25.5. The van der Waals surface area contributed by atoms with Crippen molar-refractivity contribution in [2.24, 2.45) is 17.3 Å². The molecule has 2 heterocycles. The van der Waals surface area contributed by atoms with Gasteiger partial charge in [0.05, 0.1) is 6.04 Å². The zero-order valence-electron chi connectivity index (χ0n) is 21.5. The van der Waals surface area contributed by atoms with E-state index in [4.69, 9.17) is 11.6 Å². The van der Waals surface area contributed by atoms with E-state index in [-0.39, 0.29) is 41.1 Å². The summed E-state index contributed by atoms with van der Waals surface area (Å²) in [6.07, 6.45) is 6.97. The van der Waals surface area contributed by atoms with E-state index in [0.717, 1.165) is 30.7 Å². The summed E-state index contributed by atoms with van der Waals surface area (Å²) in [4.78, 5) is 45.0. The third-order valence-electron chi connectivity index (χ3n) is 8.89. The van der Waals surface area contributed by atoms with Crippen LogP contribution in [0.2, 0.25) is 5.02 Å². The van der Waals surface area contributed by atoms with Crippen molar-refractivity contribution in [3.63, 3.8) is 0 Å². The van der Waals surface area contributed by atoms with E-state index in [1.165, 1.54) is 12.8 Å². The predicted molar refractivity (Wildman–Crippen MR) is 140 cm³/mol. The van der Waals surface area contributed by atoms with Gasteiger partial charge in [-0.3, -0.25) is 9.59 Å². The van der Waals surface area contributed by atoms with Crippen molar-refractivity contribution in [1.82, 2.24) is 20.0 Å². The Balaban J connectivity index is 1.23. The molecule has 4 aliphatic rings. The van der Waals surface area contributed by atoms with Crippen molar-refractivity contribution in [2.45, 2.75) is 63.8 Å². The number of piperidine rings is 1. The number of hydrogen-bond acceptors (Lipinski definition) is 3. The highest BCUT2D eigenvalue weighted by molar-refractivity contribution is 6.30. The summed E-state index contributed by atoms with van der Waals surface area (Å²) in [5.74, 6) is 1.14. The van der Waals surface area contributed by atoms with Crippen LogP contribution < -0.4 is 5.32 Å². The fourth-order valence-electron chi connectivity index (χ4n) is 5.83. The molecule has 7 nitrogen and oxygen atoms in total. The van der Waals surface area contributed by atoms with Gasteiger partial charge in [-0.2, -0.15) is 0 Å². The Labute approximate surface area is 219 Å². The summed E-state index contributed by atoms with van der Waals surface area (Å²) in [7, 11) is 1.84. The maximum atomic E-state index is 13.6. The van der Waals surface area contributed by atoms with Crippen LogP contribution in [0.5, 0.6) is 0 Å². The van der Waals surface area contributed by atoms with Crippen LogP contribution in [0.3, 0.4) is 0 Å². The molecule has 8 heteroatoms. The lowest BCUT2D eigenvalue weighted by atomic mass is 9.93. The summed E-state index contributed by atoms with van der Waals surface area (Å²) in [6, 6.07) is 7.59. The number of urea groups is 1. The minimum atomic E-state index is -0.158. The largest absolute Gasteiger partial charge is 0.342 e. The monoisotopic (exact) mass is 514 g/mol. The van der Waals surface area contributed by atoms with Crippen LogP contribution in [0, 0.1) is 17.3 Å². The van der Waals surface area contributed by atoms with Crippen LogP contribution in [0.15, 0.2) is 24.3 Å². The van der Waals surface area contributed by atoms with Gasteiger partial charge in [-0.05, 0) is 55.7 Å². The standard InChI is InChI=1S/C28H39ClN4O3/c1-28(12-13-28)26(35)32-15-10-21(11-16-32)25(34)33-17-23(20-5-7-22(29)8-6-20)24(18-33)31(2)27(36)30-14-9-19-3-4-19/h5-8,19,21,23-24H,3-4,9-18H2,1-2H3,(H,30,36)/t23-,24+/m1/s1. The molecule has 0 unspecified atom stereocenters. The Morgan fingerprint density at radius 1 is 1.03 bits per heavy atom. The summed E-state index contributed by atoms with van der Waals surface area (Å²) >= 11 is 6.14. The molecule has 4 fully saturated rings. The Bertz CT molecular complexity index is 983. The van der Waals surface area contributed by atoms with E-state index < -0.39 is 0 Å². The molecular weight excluding hydrogens is 476 g/mol. The fraction of sp³-hybridized carbons (Fsp3) is 0.679. The maximum Gasteiger partial charge on any atom is 0.317 e. The molecule has 2 saturated carbocycles. The van der Waals surface area contributed by atoms with E-state index in [9.17, 15) is 14.4 Å². The van der Waals surface area contributed by atoms with E-state index in [0.29, 0.717) is 50.6 Å². The van der Waals surface area contributed by atoms with Crippen LogP contribution >= 0.6 is 11.6 Å². The number of carbonyl (C=O) groups excluding carboxylic acids is 3. The van der Waals surface area contributed by atoms with Gasteiger partial charge in [0.25, 0.3) is 0 Å². The minimum absolute atomic E-state index is 0.0295. The van der Waals surface area contributed by atoms with Crippen LogP contribution in [0.1, 0.15) is 63.4 Å². The molecule has 36 heavy (non-hydrogen) atoms. The molecule has 5 rings (SSSR count). The van der Waals surface area contributed by atoms with Gasteiger partial charge in [0.2, 0.25) is 11.8 Å². The molecule has 1 aromatic rings. The molecular formula is C28H39ClN4O3. The molecule has 2 atom stereocenters. The Kier molecular flexibility index (Phi) is 7.21. The summed E-state index contributed by atoms with van der Waals surface area (Å²) in [6.45, 7) is 5.17. The SMILES string of the molecule is CN(C(=O)NCCC1CC1)[C@H]1CN(C(=O)C2CCN(C(=O)C3(C)CC3)CC2)C[C@@H]1c1ccc(Cl)cc1. The number of nitrogens with zero attached hydrogens (tertiary/aromatic N) is 3. The van der Waals surface area contributed by atoms with E-state index in [1.807, 2.05) is 48.0 Å². The van der Waals surface area contributed by atoms with Gasteiger partial charge in [-0.25, -0.2) is 4.79 Å². The van der Waals surface area contributed by atoms with Gasteiger partial charge >= 0.3 is 6.03 Å². The van der Waals surface area contributed by atoms with Crippen LogP contribution in [0.4, 0.5) is 4.79 Å². The number of likely N-dealkylation sites (tertiary alicyclic amines) is 2. The lowest BCUT2D eigenvalue weighted by Crippen LogP contribution is -2.48. The number of likely N-dealkylation sites (N-methyl/N-ethyl adjacent to an activating group) is 1. The molecule has 0 aromatic heterocycles. The van der Waals surface area contributed by atoms with Crippen LogP contribution in [-0.4, -0.2) is 78.4 Å². The van der Waals surface area contributed by atoms with Crippen molar-refractivity contribution in [3.8, 4) is 0 Å². The second-order valence-electron chi connectivity index (χ2n) is 11.7. The van der Waals surface area contributed by atoms with Gasteiger partial charge < -0.3 is 20.0 Å². The van der Waals surface area contributed by atoms with Crippen molar-refractivity contribution in [3.05, 3.63) is 34.9 Å². The predicted octanol–water partition coefficient (Wildman–Crippen LogP) is 4.11. The molecule has 0 bridgehead atoms. The number of nitrogens with one attached hydrogen (secondary N) is 1. The van der Waals surface area contributed by atoms with Gasteiger partial charge in [-0.15, -0.1) is 0 Å². The van der Waals surface area contributed by atoms with E-state index >= 15 is 0 Å². The first-order valence-electron chi connectivity index (χ1n) is 13.6. The van der Waals surface area contributed by atoms with Gasteiger partial charge in [0.15, 0.2) is 0 Å². The molecule has 2 aliphatic heterocycles. The first kappa shape index (κ1) is 25.4. The minimum Gasteiger partial charge on any atom is -0.342 e. The van der Waals surface area contributed by atoms with Crippen LogP contribution in [-0.2, 0) is 9.59 Å². The molecule has 1 aromatic carbocycles. The Morgan fingerprint density at radius 2 is 1.69 bits per heavy atom. The number of halogens is 1. The quantitative estimate of drug-likeness (QED) is 0.595. The maximum absolute atomic E-state index is 13.6. The first-order valence-corrected chi connectivity index (χ1v) is 14.0. The van der Waals surface area contributed by atoms with Crippen molar-refractivity contribution >= 4 is 29.4 Å². The van der Waals surface area contributed by atoms with Crippen LogP contribution in [0.25, 0.3) is 0 Å². The molecule has 196 valence electrons. The molecule has 0 spiro atoms. The first-order chi connectivity index (χ1) is 17.2. The molecule has 4 amide bonds. The lowest BCUT2D eigenvalue weighted by Gasteiger charge is -2.34. The Morgan fingerprint density at radius 3 is 2.31 bits per heavy atom. The van der Waals surface area contributed by atoms with E-state index in [2.05, 4.69) is 5.32 Å². The van der Waals surface area contributed by atoms with Gasteiger partial charge in [0.1, 0.15) is 0 Å². The number of amides is 4. The number of carbonyl (C=O) groups is 3. The highest BCUT2D eigenvalue weighted by Gasteiger charge is 2.48. The lowest BCUT2D eigenvalue weighted by molar-refractivity contribution is -0.142. The van der Waals surface area contributed by atoms with Crippen molar-refractivity contribution in [1.29, 1.82) is 0 Å².